The minimum absolute atomic E-state index is 0.326. The van der Waals surface area contributed by atoms with Crippen molar-refractivity contribution in [3.8, 4) is 0 Å². The third kappa shape index (κ3) is 1.34. The number of amides is 2. The quantitative estimate of drug-likeness (QED) is 0.246. The van der Waals surface area contributed by atoms with E-state index >= 15 is 0 Å². The average Bonchev–Trinajstić information content (AvgIpc) is 1.65. The van der Waals surface area contributed by atoms with Crippen LogP contribution in [0, 0.1) is 0 Å². The van der Waals surface area contributed by atoms with Gasteiger partial charge in [-0.15, -0.1) is 4.58 Å². The topological polar surface area (TPSA) is 37.1 Å². The number of rotatable bonds is 2. The maximum absolute atomic E-state index is 9.37. The first-order valence-electron chi connectivity index (χ1n) is 1.30. The molecule has 0 aromatic rings. The lowest BCUT2D eigenvalue weighted by Gasteiger charge is -1.61. The second-order valence-corrected chi connectivity index (χ2v) is 0.725. The molecule has 0 aliphatic carbocycles. The second kappa shape index (κ2) is 2.26. The first kappa shape index (κ1) is 5.01. The van der Waals surface area contributed by atoms with Crippen LogP contribution in [0.25, 0.3) is 0 Å². The Balaban J connectivity index is 3.52. The van der Waals surface area contributed by atoms with Crippen molar-refractivity contribution in [2.45, 2.75) is 0 Å². The highest BCUT2D eigenvalue weighted by Crippen LogP contribution is 1.42. The van der Waals surface area contributed by atoms with Gasteiger partial charge in [0.1, 0.15) is 6.72 Å². The summed E-state index contributed by atoms with van der Waals surface area (Å²) in [6.07, 6.45) is 0.653. The molecule has 0 bridgehead atoms. The zero-order valence-electron chi connectivity index (χ0n) is 3.13. The molecule has 0 aromatic heterocycles. The Morgan fingerprint density at radius 1 is 1.33 bits per heavy atom. The molecule has 0 heterocycles. The van der Waals surface area contributed by atoms with Gasteiger partial charge in [-0.2, -0.15) is 0 Å². The van der Waals surface area contributed by atoms with Crippen molar-refractivity contribution in [2.75, 3.05) is 0 Å². The van der Waals surface area contributed by atoms with E-state index in [0.717, 1.165) is 0 Å². The van der Waals surface area contributed by atoms with E-state index in [0.29, 0.717) is 17.4 Å². The predicted molar refractivity (Wildman–Crippen MR) is 19.5 cm³/mol. The van der Waals surface area contributed by atoms with Crippen molar-refractivity contribution < 1.29 is 14.2 Å². The van der Waals surface area contributed by atoms with Crippen molar-refractivity contribution in [3.05, 3.63) is 0 Å². The zero-order chi connectivity index (χ0) is 4.99. The van der Waals surface area contributed by atoms with E-state index in [2.05, 4.69) is 6.72 Å². The van der Waals surface area contributed by atoms with Crippen LogP contribution in [0.5, 0.6) is 0 Å². The summed E-state index contributed by atoms with van der Waals surface area (Å²) in [5.41, 5.74) is 0. The van der Waals surface area contributed by atoms with Crippen LogP contribution >= 0.6 is 0 Å². The number of hydrogen-bond acceptors (Lipinski definition) is 2. The molecule has 0 spiro atoms. The van der Waals surface area contributed by atoms with Crippen LogP contribution in [-0.4, -0.2) is 24.1 Å². The van der Waals surface area contributed by atoms with Crippen LogP contribution in [-0.2, 0) is 9.59 Å². The third-order valence-corrected chi connectivity index (χ3v) is 0.271. The fourth-order valence-electron chi connectivity index (χ4n) is 0.0248. The minimum Gasteiger partial charge on any atom is -0.222 e. The fraction of sp³-hybridized carbons (Fsp3) is 0. The van der Waals surface area contributed by atoms with E-state index in [9.17, 15) is 9.59 Å². The molecule has 0 aromatic carbocycles. The van der Waals surface area contributed by atoms with Gasteiger partial charge < -0.3 is 0 Å². The molecule has 0 N–H and O–H groups in total. The summed E-state index contributed by atoms with van der Waals surface area (Å²) < 4.78 is 0.639. The number of carbonyl (C=O) groups is 2. The number of imide groups is 1. The molecule has 0 rings (SSSR count). The molecule has 0 fully saturated rings. The van der Waals surface area contributed by atoms with Crippen LogP contribution in [0.15, 0.2) is 0 Å². The molecular formula is C3H4NO2+. The van der Waals surface area contributed by atoms with Crippen molar-refractivity contribution >= 4 is 19.5 Å². The van der Waals surface area contributed by atoms with Crippen LogP contribution in [0.3, 0.4) is 0 Å². The van der Waals surface area contributed by atoms with Crippen LogP contribution < -0.4 is 0 Å². The molecule has 0 aliphatic heterocycles. The lowest BCUT2D eigenvalue weighted by atomic mass is 11.1. The van der Waals surface area contributed by atoms with E-state index in [1.165, 1.54) is 0 Å². The predicted octanol–water partition coefficient (Wildman–Crippen LogP) is -0.988. The summed E-state index contributed by atoms with van der Waals surface area (Å²) in [6, 6.07) is 0. The van der Waals surface area contributed by atoms with Crippen LogP contribution in [0.4, 0.5) is 0 Å². The SMILES string of the molecule is C=[N+](C=O)C=O. The van der Waals surface area contributed by atoms with E-state index in [1.807, 2.05) is 0 Å². The molecule has 0 saturated carbocycles. The summed E-state index contributed by atoms with van der Waals surface area (Å²) in [5, 5.41) is 0. The van der Waals surface area contributed by atoms with Crippen molar-refractivity contribution in [3.63, 3.8) is 0 Å². The molecule has 3 heteroatoms. The average molecular weight is 86.1 g/mol. The van der Waals surface area contributed by atoms with E-state index in [-0.39, 0.29) is 0 Å². The van der Waals surface area contributed by atoms with Crippen molar-refractivity contribution in [1.29, 1.82) is 0 Å². The van der Waals surface area contributed by atoms with Crippen molar-refractivity contribution in [2.24, 2.45) is 0 Å². The van der Waals surface area contributed by atoms with Gasteiger partial charge >= 0.3 is 12.8 Å². The van der Waals surface area contributed by atoms with Gasteiger partial charge in [-0.05, 0) is 0 Å². The maximum atomic E-state index is 9.37. The zero-order valence-corrected chi connectivity index (χ0v) is 3.13. The highest BCUT2D eigenvalue weighted by Gasteiger charge is 1.84. The molecule has 0 radical (unpaired) electrons. The Kier molecular flexibility index (Phi) is 1.89. The molecule has 6 heavy (non-hydrogen) atoms. The Bertz CT molecular complexity index is 76.8. The molecule has 0 aliphatic rings. The van der Waals surface area contributed by atoms with Gasteiger partial charge in [0.2, 0.25) is 0 Å². The third-order valence-electron chi connectivity index (χ3n) is 0.271. The van der Waals surface area contributed by atoms with E-state index in [1.54, 1.807) is 0 Å². The lowest BCUT2D eigenvalue weighted by Crippen LogP contribution is -2.00. The van der Waals surface area contributed by atoms with E-state index < -0.39 is 0 Å². The summed E-state index contributed by atoms with van der Waals surface area (Å²) in [6.45, 7) is 2.97. The maximum Gasteiger partial charge on any atom is 0.382 e. The first-order valence-corrected chi connectivity index (χ1v) is 1.30. The number of nitrogens with zero attached hydrogens (tertiary/aromatic N) is 1. The monoisotopic (exact) mass is 86.0 g/mol. The van der Waals surface area contributed by atoms with Gasteiger partial charge in [0.25, 0.3) is 0 Å². The Labute approximate surface area is 34.9 Å². The van der Waals surface area contributed by atoms with E-state index in [4.69, 9.17) is 0 Å². The molecule has 0 unspecified atom stereocenters. The fourth-order valence-corrected chi connectivity index (χ4v) is 0.0248. The molecule has 3 nitrogen and oxygen atoms in total. The van der Waals surface area contributed by atoms with Gasteiger partial charge in [-0.25, -0.2) is 9.59 Å². The largest absolute Gasteiger partial charge is 0.382 e. The second-order valence-electron chi connectivity index (χ2n) is 0.725. The Hall–Kier alpha value is -0.990. The molecule has 0 atom stereocenters. The molecule has 2 amide bonds. The van der Waals surface area contributed by atoms with Crippen LogP contribution in [0.1, 0.15) is 0 Å². The van der Waals surface area contributed by atoms with Gasteiger partial charge in [0, 0.05) is 0 Å². The molecule has 0 saturated heterocycles. The van der Waals surface area contributed by atoms with Crippen LogP contribution in [0.2, 0.25) is 0 Å². The summed E-state index contributed by atoms with van der Waals surface area (Å²) >= 11 is 0. The van der Waals surface area contributed by atoms with Crippen molar-refractivity contribution in [1.82, 2.24) is 0 Å². The smallest absolute Gasteiger partial charge is 0.222 e. The molecular weight excluding hydrogens is 82.0 g/mol. The summed E-state index contributed by atoms with van der Waals surface area (Å²) in [4.78, 5) is 18.7. The highest BCUT2D eigenvalue weighted by atomic mass is 16.2. The summed E-state index contributed by atoms with van der Waals surface area (Å²) in [5.74, 6) is 0. The normalized spacial score (nSPS) is 6.67. The van der Waals surface area contributed by atoms with Gasteiger partial charge in [0.05, 0.1) is 0 Å². The molecule has 32 valence electrons. The first-order chi connectivity index (χ1) is 2.81. The van der Waals surface area contributed by atoms with Gasteiger partial charge in [0.15, 0.2) is 0 Å². The lowest BCUT2D eigenvalue weighted by molar-refractivity contribution is -0.344. The highest BCUT2D eigenvalue weighted by molar-refractivity contribution is 5.56. The van der Waals surface area contributed by atoms with Gasteiger partial charge in [-0.1, -0.05) is 0 Å². The Morgan fingerprint density at radius 3 is 1.67 bits per heavy atom. The standard InChI is InChI=1S/C3H4NO2/c1-4(2-5)3-6/h2-3H,1H2/q+1. The summed E-state index contributed by atoms with van der Waals surface area (Å²) in [7, 11) is 0. The van der Waals surface area contributed by atoms with Gasteiger partial charge in [-0.3, -0.25) is 0 Å². The minimum atomic E-state index is 0.326. The number of carbonyl (C=O) groups excluding carboxylic acids is 2. The number of hydrogen-bond donors (Lipinski definition) is 0. The Morgan fingerprint density at radius 2 is 1.67 bits per heavy atom.